The zero-order valence-corrected chi connectivity index (χ0v) is 19.8. The van der Waals surface area contributed by atoms with Crippen LogP contribution in [0.1, 0.15) is 5.56 Å². The molecule has 140 valence electrons. The third-order valence-corrected chi connectivity index (χ3v) is 5.19. The van der Waals surface area contributed by atoms with Gasteiger partial charge in [-0.3, -0.25) is 4.57 Å². The number of nitrogens with one attached hydrogen (secondary N) is 1. The summed E-state index contributed by atoms with van der Waals surface area (Å²) in [6.45, 7) is 0.707. The van der Waals surface area contributed by atoms with Crippen LogP contribution in [-0.4, -0.2) is 19.5 Å². The molecule has 0 amide bonds. The average molecular weight is 626 g/mol. The minimum atomic E-state index is 0. The van der Waals surface area contributed by atoms with Crippen LogP contribution in [0.15, 0.2) is 61.2 Å². The van der Waals surface area contributed by atoms with Gasteiger partial charge in [-0.2, -0.15) is 4.98 Å². The third kappa shape index (κ3) is 5.01. The van der Waals surface area contributed by atoms with Crippen LogP contribution in [0.4, 0.5) is 5.82 Å². The minimum Gasteiger partial charge on any atom is -0.365 e. The molecule has 0 radical (unpaired) electrons. The number of hydrogen-bond donors (Lipinski definition) is 1. The standard InChI is InChI=1S/C18H13I2N5.2ClH/c19-13-8-14-16(15(20)9-13)23-18(25-7-6-21-11-25)24-17(14)22-10-12-4-2-1-3-5-12;;/h1-9,11H,10H2,(H,22,23,24);2*1H. The molecular formula is C18H15Cl2I2N5. The van der Waals surface area contributed by atoms with Crippen molar-refractivity contribution >= 4 is 86.7 Å². The molecule has 4 rings (SSSR count). The van der Waals surface area contributed by atoms with Crippen LogP contribution in [-0.2, 0) is 6.54 Å². The molecule has 0 aliphatic heterocycles. The Morgan fingerprint density at radius 2 is 1.78 bits per heavy atom. The summed E-state index contributed by atoms with van der Waals surface area (Å²) in [5.74, 6) is 1.44. The van der Waals surface area contributed by atoms with Crippen LogP contribution >= 0.6 is 70.0 Å². The lowest BCUT2D eigenvalue weighted by atomic mass is 10.2. The van der Waals surface area contributed by atoms with E-state index in [1.807, 2.05) is 29.0 Å². The van der Waals surface area contributed by atoms with E-state index in [9.17, 15) is 0 Å². The summed E-state index contributed by atoms with van der Waals surface area (Å²) in [6.07, 6.45) is 5.28. The van der Waals surface area contributed by atoms with E-state index in [1.54, 1.807) is 12.5 Å². The first kappa shape index (κ1) is 22.1. The number of nitrogens with zero attached hydrogens (tertiary/aromatic N) is 4. The highest BCUT2D eigenvalue weighted by molar-refractivity contribution is 14.1. The Balaban J connectivity index is 0.00000131. The van der Waals surface area contributed by atoms with E-state index in [0.717, 1.165) is 23.9 Å². The van der Waals surface area contributed by atoms with Crippen LogP contribution < -0.4 is 5.32 Å². The zero-order chi connectivity index (χ0) is 17.2. The zero-order valence-electron chi connectivity index (χ0n) is 13.8. The fraction of sp³-hybridized carbons (Fsp3) is 0.0556. The summed E-state index contributed by atoms with van der Waals surface area (Å²) in [6, 6.07) is 14.5. The van der Waals surface area contributed by atoms with Crippen molar-refractivity contribution in [2.75, 3.05) is 5.32 Å². The molecule has 0 spiro atoms. The second-order valence-electron chi connectivity index (χ2n) is 5.47. The van der Waals surface area contributed by atoms with Crippen molar-refractivity contribution in [3.63, 3.8) is 0 Å². The largest absolute Gasteiger partial charge is 0.365 e. The maximum absolute atomic E-state index is 4.74. The molecule has 9 heteroatoms. The van der Waals surface area contributed by atoms with Gasteiger partial charge in [0.2, 0.25) is 5.95 Å². The van der Waals surface area contributed by atoms with Crippen molar-refractivity contribution in [1.29, 1.82) is 0 Å². The maximum atomic E-state index is 4.74. The number of aromatic nitrogens is 4. The summed E-state index contributed by atoms with van der Waals surface area (Å²) < 4.78 is 4.09. The van der Waals surface area contributed by atoms with E-state index in [-0.39, 0.29) is 24.8 Å². The van der Waals surface area contributed by atoms with E-state index >= 15 is 0 Å². The van der Waals surface area contributed by atoms with E-state index in [0.29, 0.717) is 12.5 Å². The lowest BCUT2D eigenvalue weighted by Gasteiger charge is -2.12. The topological polar surface area (TPSA) is 55.6 Å². The first-order valence-electron chi connectivity index (χ1n) is 7.63. The summed E-state index contributed by atoms with van der Waals surface area (Å²) in [5.41, 5.74) is 2.15. The monoisotopic (exact) mass is 625 g/mol. The molecule has 0 fully saturated rings. The van der Waals surface area contributed by atoms with Gasteiger partial charge in [-0.05, 0) is 62.9 Å². The third-order valence-electron chi connectivity index (χ3n) is 3.75. The molecule has 0 saturated heterocycles. The van der Waals surface area contributed by atoms with Crippen molar-refractivity contribution in [3.8, 4) is 5.95 Å². The molecular weight excluding hydrogens is 611 g/mol. The highest BCUT2D eigenvalue weighted by Crippen LogP contribution is 2.28. The fourth-order valence-electron chi connectivity index (χ4n) is 2.55. The Morgan fingerprint density at radius 3 is 2.48 bits per heavy atom. The Kier molecular flexibility index (Phi) is 8.07. The van der Waals surface area contributed by atoms with Crippen LogP contribution in [0.25, 0.3) is 16.9 Å². The summed E-state index contributed by atoms with van der Waals surface area (Å²) in [7, 11) is 0. The minimum absolute atomic E-state index is 0. The lowest BCUT2D eigenvalue weighted by Crippen LogP contribution is -2.07. The number of fused-ring (bicyclic) bond motifs is 1. The average Bonchev–Trinajstić information content (AvgIpc) is 3.15. The smallest absolute Gasteiger partial charge is 0.237 e. The van der Waals surface area contributed by atoms with Crippen LogP contribution in [0.3, 0.4) is 0 Å². The molecule has 0 aliphatic carbocycles. The van der Waals surface area contributed by atoms with Crippen molar-refractivity contribution in [2.24, 2.45) is 0 Å². The highest BCUT2D eigenvalue weighted by atomic mass is 127. The predicted octanol–water partition coefficient (Wildman–Crippen LogP) is 5.48. The van der Waals surface area contributed by atoms with Gasteiger partial charge in [-0.1, -0.05) is 30.3 Å². The number of imidazole rings is 1. The van der Waals surface area contributed by atoms with Crippen molar-refractivity contribution in [3.05, 3.63) is 73.9 Å². The molecule has 2 aromatic carbocycles. The number of anilines is 1. The van der Waals surface area contributed by atoms with Gasteiger partial charge >= 0.3 is 0 Å². The summed E-state index contributed by atoms with van der Waals surface area (Å²) >= 11 is 4.65. The van der Waals surface area contributed by atoms with Gasteiger partial charge < -0.3 is 5.32 Å². The van der Waals surface area contributed by atoms with Gasteiger partial charge in [0.05, 0.1) is 5.52 Å². The molecule has 0 saturated carbocycles. The molecule has 4 aromatic rings. The predicted molar refractivity (Wildman–Crippen MR) is 130 cm³/mol. The highest BCUT2D eigenvalue weighted by Gasteiger charge is 2.12. The van der Waals surface area contributed by atoms with Crippen molar-refractivity contribution < 1.29 is 0 Å². The number of halogens is 4. The van der Waals surface area contributed by atoms with Gasteiger partial charge in [0, 0.05) is 31.5 Å². The SMILES string of the molecule is Cl.Cl.Ic1cc(I)c2nc(-n3ccnc3)nc(NCc3ccccc3)c2c1. The molecule has 0 atom stereocenters. The van der Waals surface area contributed by atoms with Gasteiger partial charge in [0.1, 0.15) is 12.1 Å². The molecule has 0 unspecified atom stereocenters. The number of hydrogen-bond acceptors (Lipinski definition) is 4. The number of rotatable bonds is 4. The Bertz CT molecular complexity index is 1030. The Morgan fingerprint density at radius 1 is 1.00 bits per heavy atom. The van der Waals surface area contributed by atoms with Crippen LogP contribution in [0.2, 0.25) is 0 Å². The second kappa shape index (κ2) is 9.85. The van der Waals surface area contributed by atoms with E-state index < -0.39 is 0 Å². The normalized spacial score (nSPS) is 10.1. The Hall–Kier alpha value is -1.17. The summed E-state index contributed by atoms with van der Waals surface area (Å²) in [5, 5.41) is 4.49. The maximum Gasteiger partial charge on any atom is 0.237 e. The molecule has 0 aliphatic rings. The fourth-order valence-corrected chi connectivity index (χ4v) is 4.52. The van der Waals surface area contributed by atoms with E-state index in [1.165, 1.54) is 5.56 Å². The summed E-state index contributed by atoms with van der Waals surface area (Å²) in [4.78, 5) is 13.6. The van der Waals surface area contributed by atoms with Crippen LogP contribution in [0.5, 0.6) is 0 Å². The molecule has 2 aromatic heterocycles. The Labute approximate surface area is 196 Å². The lowest BCUT2D eigenvalue weighted by molar-refractivity contribution is 0.935. The quantitative estimate of drug-likeness (QED) is 0.305. The second-order valence-corrected chi connectivity index (χ2v) is 7.87. The van der Waals surface area contributed by atoms with Gasteiger partial charge in [0.25, 0.3) is 0 Å². The van der Waals surface area contributed by atoms with Crippen molar-refractivity contribution in [2.45, 2.75) is 6.54 Å². The van der Waals surface area contributed by atoms with E-state index in [2.05, 4.69) is 79.7 Å². The molecule has 5 nitrogen and oxygen atoms in total. The van der Waals surface area contributed by atoms with Gasteiger partial charge in [0.15, 0.2) is 0 Å². The van der Waals surface area contributed by atoms with Crippen LogP contribution in [0, 0.1) is 7.14 Å². The van der Waals surface area contributed by atoms with Gasteiger partial charge in [-0.25, -0.2) is 9.97 Å². The van der Waals surface area contributed by atoms with E-state index in [4.69, 9.17) is 9.97 Å². The molecule has 2 heterocycles. The van der Waals surface area contributed by atoms with Gasteiger partial charge in [-0.15, -0.1) is 24.8 Å². The number of benzene rings is 2. The molecule has 1 N–H and O–H groups in total. The molecule has 0 bridgehead atoms. The van der Waals surface area contributed by atoms with Crippen molar-refractivity contribution in [1.82, 2.24) is 19.5 Å². The molecule has 27 heavy (non-hydrogen) atoms. The first-order valence-corrected chi connectivity index (χ1v) is 9.79. The first-order chi connectivity index (χ1) is 12.2.